The molecule has 1 saturated carbocycles. The van der Waals surface area contributed by atoms with Gasteiger partial charge in [-0.2, -0.15) is 0 Å². The van der Waals surface area contributed by atoms with Crippen LogP contribution >= 0.6 is 15.9 Å². The first-order chi connectivity index (χ1) is 10.8. The molecule has 0 radical (unpaired) electrons. The molecular formula is C17H15BrO4S. The number of halogens is 1. The van der Waals surface area contributed by atoms with Gasteiger partial charge in [0.15, 0.2) is 9.84 Å². The lowest BCUT2D eigenvalue weighted by atomic mass is 10.1. The SMILES string of the molecule is Cc1ccc(S(=O)(=O)C2C(C(=O)O)C2c2ccc(Br)cc2)cc1. The first-order valence-corrected chi connectivity index (χ1v) is 9.45. The summed E-state index contributed by atoms with van der Waals surface area (Å²) in [7, 11) is -3.68. The van der Waals surface area contributed by atoms with Crippen LogP contribution in [0.15, 0.2) is 57.9 Å². The molecule has 3 rings (SSSR count). The number of sulfone groups is 1. The van der Waals surface area contributed by atoms with Gasteiger partial charge in [0, 0.05) is 10.4 Å². The number of carboxylic acid groups (broad SMARTS) is 1. The Hall–Kier alpha value is -1.66. The summed E-state index contributed by atoms with van der Waals surface area (Å²) in [5, 5.41) is 8.48. The molecule has 0 saturated heterocycles. The van der Waals surface area contributed by atoms with Gasteiger partial charge < -0.3 is 5.11 Å². The molecule has 3 unspecified atom stereocenters. The number of aliphatic carboxylic acids is 1. The maximum absolute atomic E-state index is 12.8. The van der Waals surface area contributed by atoms with Gasteiger partial charge in [0.1, 0.15) is 0 Å². The predicted octanol–water partition coefficient (Wildman–Crippen LogP) is 3.40. The molecular weight excluding hydrogens is 380 g/mol. The average Bonchev–Trinajstić information content (AvgIpc) is 3.25. The predicted molar refractivity (Wildman–Crippen MR) is 90.2 cm³/mol. The molecule has 6 heteroatoms. The van der Waals surface area contributed by atoms with Crippen LogP contribution in [-0.4, -0.2) is 24.7 Å². The van der Waals surface area contributed by atoms with E-state index in [2.05, 4.69) is 15.9 Å². The summed E-state index contributed by atoms with van der Waals surface area (Å²) in [6, 6.07) is 13.7. The number of aryl methyl sites for hydroxylation is 1. The Morgan fingerprint density at radius 1 is 1.04 bits per heavy atom. The van der Waals surface area contributed by atoms with Gasteiger partial charge in [0.05, 0.1) is 16.1 Å². The van der Waals surface area contributed by atoms with E-state index in [9.17, 15) is 18.3 Å². The lowest BCUT2D eigenvalue weighted by Crippen LogP contribution is -2.13. The molecule has 1 N–H and O–H groups in total. The highest BCUT2D eigenvalue weighted by Gasteiger charge is 2.63. The van der Waals surface area contributed by atoms with E-state index in [0.29, 0.717) is 0 Å². The number of rotatable bonds is 4. The molecule has 1 aliphatic carbocycles. The molecule has 2 aromatic rings. The number of carbonyl (C=O) groups is 1. The van der Waals surface area contributed by atoms with Crippen LogP contribution in [0.25, 0.3) is 0 Å². The topological polar surface area (TPSA) is 71.4 Å². The molecule has 0 spiro atoms. The second kappa shape index (κ2) is 5.76. The summed E-state index contributed by atoms with van der Waals surface area (Å²) >= 11 is 3.32. The molecule has 2 aromatic carbocycles. The van der Waals surface area contributed by atoms with Crippen LogP contribution < -0.4 is 0 Å². The van der Waals surface area contributed by atoms with Crippen LogP contribution in [0.2, 0.25) is 0 Å². The number of hydrogen-bond acceptors (Lipinski definition) is 3. The molecule has 120 valence electrons. The molecule has 0 bridgehead atoms. The standard InChI is InChI=1S/C17H15BrO4S/c1-10-2-8-13(9-3-10)23(21,22)16-14(15(16)17(19)20)11-4-6-12(18)7-5-11/h2-9,14-16H,1H3,(H,19,20). The van der Waals surface area contributed by atoms with Gasteiger partial charge in [0.25, 0.3) is 0 Å². The zero-order chi connectivity index (χ0) is 16.8. The fourth-order valence-corrected chi connectivity index (χ4v) is 5.32. The van der Waals surface area contributed by atoms with Crippen molar-refractivity contribution in [1.29, 1.82) is 0 Å². The summed E-state index contributed by atoms with van der Waals surface area (Å²) in [5.74, 6) is -2.48. The van der Waals surface area contributed by atoms with E-state index in [-0.39, 0.29) is 4.90 Å². The van der Waals surface area contributed by atoms with Crippen LogP contribution in [0.4, 0.5) is 0 Å². The fourth-order valence-electron chi connectivity index (χ4n) is 2.93. The number of benzene rings is 2. The van der Waals surface area contributed by atoms with Crippen molar-refractivity contribution in [2.24, 2.45) is 5.92 Å². The summed E-state index contributed by atoms with van der Waals surface area (Å²) in [6.07, 6.45) is 0. The highest BCUT2D eigenvalue weighted by molar-refractivity contribution is 9.10. The first-order valence-electron chi connectivity index (χ1n) is 7.11. The maximum atomic E-state index is 12.8. The van der Waals surface area contributed by atoms with Crippen LogP contribution in [0.5, 0.6) is 0 Å². The lowest BCUT2D eigenvalue weighted by molar-refractivity contribution is -0.138. The van der Waals surface area contributed by atoms with Crippen molar-refractivity contribution in [3.8, 4) is 0 Å². The minimum absolute atomic E-state index is 0.180. The molecule has 23 heavy (non-hydrogen) atoms. The minimum atomic E-state index is -3.68. The third kappa shape index (κ3) is 2.93. The Labute approximate surface area is 143 Å². The van der Waals surface area contributed by atoms with Gasteiger partial charge in [-0.15, -0.1) is 0 Å². The van der Waals surface area contributed by atoms with Gasteiger partial charge in [-0.3, -0.25) is 4.79 Å². The average molecular weight is 395 g/mol. The van der Waals surface area contributed by atoms with E-state index in [1.165, 1.54) is 0 Å². The van der Waals surface area contributed by atoms with Crippen LogP contribution in [0.3, 0.4) is 0 Å². The van der Waals surface area contributed by atoms with Crippen molar-refractivity contribution >= 4 is 31.7 Å². The second-order valence-corrected chi connectivity index (χ2v) is 8.79. The van der Waals surface area contributed by atoms with E-state index >= 15 is 0 Å². The van der Waals surface area contributed by atoms with Crippen molar-refractivity contribution in [2.45, 2.75) is 23.0 Å². The van der Waals surface area contributed by atoms with E-state index in [4.69, 9.17) is 0 Å². The van der Waals surface area contributed by atoms with Crippen LogP contribution in [-0.2, 0) is 14.6 Å². The zero-order valence-electron chi connectivity index (χ0n) is 12.3. The molecule has 1 fully saturated rings. The van der Waals surface area contributed by atoms with Gasteiger partial charge in [-0.25, -0.2) is 8.42 Å². The normalized spacial score (nSPS) is 23.5. The summed E-state index contributed by atoms with van der Waals surface area (Å²) in [6.45, 7) is 1.87. The zero-order valence-corrected chi connectivity index (χ0v) is 14.7. The Morgan fingerprint density at radius 3 is 2.13 bits per heavy atom. The van der Waals surface area contributed by atoms with Gasteiger partial charge >= 0.3 is 5.97 Å². The summed E-state index contributed by atoms with van der Waals surface area (Å²) in [5.41, 5.74) is 1.69. The third-order valence-corrected chi connectivity index (χ3v) is 6.96. The monoisotopic (exact) mass is 394 g/mol. The van der Waals surface area contributed by atoms with E-state index in [1.54, 1.807) is 48.5 Å². The highest BCUT2D eigenvalue weighted by atomic mass is 79.9. The van der Waals surface area contributed by atoms with Crippen LogP contribution in [0, 0.1) is 12.8 Å². The molecule has 0 heterocycles. The van der Waals surface area contributed by atoms with Crippen LogP contribution in [0.1, 0.15) is 17.0 Å². The second-order valence-electron chi connectivity index (χ2n) is 5.76. The summed E-state index contributed by atoms with van der Waals surface area (Å²) < 4.78 is 26.5. The quantitative estimate of drug-likeness (QED) is 0.862. The molecule has 0 amide bonds. The molecule has 0 aromatic heterocycles. The van der Waals surface area contributed by atoms with Crippen molar-refractivity contribution < 1.29 is 18.3 Å². The Kier molecular flexibility index (Phi) is 4.06. The first kappa shape index (κ1) is 16.2. The number of carboxylic acids is 1. The molecule has 1 aliphatic rings. The van der Waals surface area contributed by atoms with Crippen molar-refractivity contribution in [1.82, 2.24) is 0 Å². The highest BCUT2D eigenvalue weighted by Crippen LogP contribution is 2.54. The molecule has 3 atom stereocenters. The Bertz CT molecular complexity index is 841. The van der Waals surface area contributed by atoms with E-state index in [1.807, 2.05) is 6.92 Å². The van der Waals surface area contributed by atoms with Gasteiger partial charge in [0.2, 0.25) is 0 Å². The summed E-state index contributed by atoms with van der Waals surface area (Å²) in [4.78, 5) is 11.7. The van der Waals surface area contributed by atoms with Crippen molar-refractivity contribution in [2.75, 3.05) is 0 Å². The van der Waals surface area contributed by atoms with Gasteiger partial charge in [-0.05, 0) is 36.8 Å². The Balaban J connectivity index is 1.98. The Morgan fingerprint density at radius 2 is 1.61 bits per heavy atom. The van der Waals surface area contributed by atoms with Crippen molar-refractivity contribution in [3.63, 3.8) is 0 Å². The van der Waals surface area contributed by atoms with Crippen molar-refractivity contribution in [3.05, 3.63) is 64.1 Å². The number of hydrogen-bond donors (Lipinski definition) is 1. The smallest absolute Gasteiger partial charge is 0.308 e. The molecule has 4 nitrogen and oxygen atoms in total. The lowest BCUT2D eigenvalue weighted by Gasteiger charge is -2.05. The third-order valence-electron chi connectivity index (χ3n) is 4.20. The van der Waals surface area contributed by atoms with E-state index in [0.717, 1.165) is 15.6 Å². The largest absolute Gasteiger partial charge is 0.481 e. The minimum Gasteiger partial charge on any atom is -0.481 e. The fraction of sp³-hybridized carbons (Fsp3) is 0.235. The van der Waals surface area contributed by atoms with E-state index < -0.39 is 32.9 Å². The van der Waals surface area contributed by atoms with Gasteiger partial charge in [-0.1, -0.05) is 45.8 Å². The molecule has 0 aliphatic heterocycles. The maximum Gasteiger partial charge on any atom is 0.308 e.